The summed E-state index contributed by atoms with van der Waals surface area (Å²) in [5.41, 5.74) is 1.50. The van der Waals surface area contributed by atoms with E-state index in [1.807, 2.05) is 73.8 Å². The second-order valence-electron chi connectivity index (χ2n) is 6.95. The van der Waals surface area contributed by atoms with E-state index in [2.05, 4.69) is 19.8 Å². The molecule has 0 spiro atoms. The van der Waals surface area contributed by atoms with E-state index in [0.29, 0.717) is 12.1 Å². The smallest absolute Gasteiger partial charge is 0.259 e. The van der Waals surface area contributed by atoms with Gasteiger partial charge in [-0.3, -0.25) is 4.79 Å². The van der Waals surface area contributed by atoms with Gasteiger partial charge in [0, 0.05) is 50.8 Å². The second kappa shape index (κ2) is 8.73. The van der Waals surface area contributed by atoms with Gasteiger partial charge in [0.15, 0.2) is 0 Å². The average molecular weight is 387 g/mol. The SMILES string of the molecule is CCN(C(=O)c1ccc(N2CCN(c3ccccn3)CC2)nc1)c1ccccc1. The molecule has 6 nitrogen and oxygen atoms in total. The third-order valence-corrected chi connectivity index (χ3v) is 5.20. The van der Waals surface area contributed by atoms with Gasteiger partial charge in [-0.2, -0.15) is 0 Å². The molecule has 0 N–H and O–H groups in total. The Hall–Kier alpha value is -3.41. The van der Waals surface area contributed by atoms with Crippen LogP contribution in [0.1, 0.15) is 17.3 Å². The molecule has 3 aromatic rings. The summed E-state index contributed by atoms with van der Waals surface area (Å²) < 4.78 is 0. The van der Waals surface area contributed by atoms with Crippen LogP contribution in [0.2, 0.25) is 0 Å². The number of anilines is 3. The molecule has 4 rings (SSSR count). The van der Waals surface area contributed by atoms with Crippen LogP contribution >= 0.6 is 0 Å². The van der Waals surface area contributed by atoms with Gasteiger partial charge in [0.25, 0.3) is 5.91 Å². The van der Waals surface area contributed by atoms with Gasteiger partial charge < -0.3 is 14.7 Å². The Morgan fingerprint density at radius 2 is 1.52 bits per heavy atom. The van der Waals surface area contributed by atoms with Gasteiger partial charge in [0.05, 0.1) is 5.56 Å². The van der Waals surface area contributed by atoms with E-state index in [1.165, 1.54) is 0 Å². The number of benzene rings is 1. The summed E-state index contributed by atoms with van der Waals surface area (Å²) in [6, 6.07) is 19.5. The van der Waals surface area contributed by atoms with Crippen LogP contribution in [-0.4, -0.2) is 48.6 Å². The summed E-state index contributed by atoms with van der Waals surface area (Å²) >= 11 is 0. The van der Waals surface area contributed by atoms with Crippen molar-refractivity contribution in [3.05, 3.63) is 78.6 Å². The predicted octanol–water partition coefficient (Wildman–Crippen LogP) is 3.47. The largest absolute Gasteiger partial charge is 0.353 e. The van der Waals surface area contributed by atoms with Crippen LogP contribution in [0.25, 0.3) is 0 Å². The number of aromatic nitrogens is 2. The fraction of sp³-hybridized carbons (Fsp3) is 0.261. The summed E-state index contributed by atoms with van der Waals surface area (Å²) in [7, 11) is 0. The first kappa shape index (κ1) is 18.9. The normalized spacial score (nSPS) is 14.0. The fourth-order valence-electron chi connectivity index (χ4n) is 3.61. The van der Waals surface area contributed by atoms with Crippen molar-refractivity contribution in [1.29, 1.82) is 0 Å². The van der Waals surface area contributed by atoms with E-state index in [-0.39, 0.29) is 5.91 Å². The monoisotopic (exact) mass is 387 g/mol. The summed E-state index contributed by atoms with van der Waals surface area (Å²) in [6.45, 7) is 6.14. The fourth-order valence-corrected chi connectivity index (χ4v) is 3.61. The molecule has 1 aliphatic heterocycles. The van der Waals surface area contributed by atoms with Crippen molar-refractivity contribution >= 4 is 23.2 Å². The summed E-state index contributed by atoms with van der Waals surface area (Å²) in [5.74, 6) is 1.89. The molecule has 0 bridgehead atoms. The molecule has 1 fully saturated rings. The molecule has 3 heterocycles. The van der Waals surface area contributed by atoms with E-state index < -0.39 is 0 Å². The van der Waals surface area contributed by atoms with Gasteiger partial charge in [0.2, 0.25) is 0 Å². The lowest BCUT2D eigenvalue weighted by Crippen LogP contribution is -2.47. The second-order valence-corrected chi connectivity index (χ2v) is 6.95. The number of carbonyl (C=O) groups is 1. The highest BCUT2D eigenvalue weighted by Gasteiger charge is 2.20. The van der Waals surface area contributed by atoms with Crippen LogP contribution in [0.5, 0.6) is 0 Å². The standard InChI is InChI=1S/C23H25N5O/c1-2-28(20-8-4-3-5-9-20)23(29)19-11-12-22(25-18-19)27-16-14-26(15-17-27)21-10-6-7-13-24-21/h3-13,18H,2,14-17H2,1H3. The molecular weight excluding hydrogens is 362 g/mol. The summed E-state index contributed by atoms with van der Waals surface area (Å²) in [6.07, 6.45) is 3.52. The minimum absolute atomic E-state index is 0.0299. The van der Waals surface area contributed by atoms with Gasteiger partial charge in [-0.1, -0.05) is 24.3 Å². The Kier molecular flexibility index (Phi) is 5.70. The van der Waals surface area contributed by atoms with Crippen LogP contribution in [0.15, 0.2) is 73.1 Å². The minimum Gasteiger partial charge on any atom is -0.353 e. The van der Waals surface area contributed by atoms with Crippen LogP contribution in [0.3, 0.4) is 0 Å². The van der Waals surface area contributed by atoms with Gasteiger partial charge in [-0.05, 0) is 43.3 Å². The summed E-state index contributed by atoms with van der Waals surface area (Å²) in [4.78, 5) is 28.2. The Bertz CT molecular complexity index is 923. The summed E-state index contributed by atoms with van der Waals surface area (Å²) in [5, 5.41) is 0. The van der Waals surface area contributed by atoms with Crippen LogP contribution in [0, 0.1) is 0 Å². The minimum atomic E-state index is -0.0299. The molecule has 1 saturated heterocycles. The zero-order chi connectivity index (χ0) is 20.1. The molecule has 1 aromatic carbocycles. The number of nitrogens with zero attached hydrogens (tertiary/aromatic N) is 5. The highest BCUT2D eigenvalue weighted by atomic mass is 16.2. The van der Waals surface area contributed by atoms with Gasteiger partial charge in [-0.25, -0.2) is 9.97 Å². The highest BCUT2D eigenvalue weighted by molar-refractivity contribution is 6.05. The number of para-hydroxylation sites is 1. The van der Waals surface area contributed by atoms with Crippen molar-refractivity contribution in [2.24, 2.45) is 0 Å². The first-order valence-corrected chi connectivity index (χ1v) is 10.00. The van der Waals surface area contributed by atoms with Crippen LogP contribution < -0.4 is 14.7 Å². The molecule has 0 aliphatic carbocycles. The maximum Gasteiger partial charge on any atom is 0.259 e. The molecule has 0 unspecified atom stereocenters. The molecule has 29 heavy (non-hydrogen) atoms. The Morgan fingerprint density at radius 1 is 0.862 bits per heavy atom. The number of hydrogen-bond donors (Lipinski definition) is 0. The number of amides is 1. The quantitative estimate of drug-likeness (QED) is 0.671. The van der Waals surface area contributed by atoms with Crippen molar-refractivity contribution in [2.45, 2.75) is 6.92 Å². The topological polar surface area (TPSA) is 52.6 Å². The molecule has 0 saturated carbocycles. The van der Waals surface area contributed by atoms with Crippen molar-refractivity contribution in [3.63, 3.8) is 0 Å². The first-order chi connectivity index (χ1) is 14.3. The van der Waals surface area contributed by atoms with Crippen LogP contribution in [-0.2, 0) is 0 Å². The Balaban J connectivity index is 1.41. The van der Waals surface area contributed by atoms with E-state index in [1.54, 1.807) is 11.1 Å². The zero-order valence-corrected chi connectivity index (χ0v) is 16.6. The van der Waals surface area contributed by atoms with E-state index in [4.69, 9.17) is 0 Å². The number of carbonyl (C=O) groups excluding carboxylic acids is 1. The molecule has 6 heteroatoms. The average Bonchev–Trinajstić information content (AvgIpc) is 2.81. The Morgan fingerprint density at radius 3 is 2.07 bits per heavy atom. The molecule has 1 amide bonds. The molecule has 1 aliphatic rings. The predicted molar refractivity (Wildman–Crippen MR) is 117 cm³/mol. The lowest BCUT2D eigenvalue weighted by atomic mass is 10.2. The number of pyridine rings is 2. The highest BCUT2D eigenvalue weighted by Crippen LogP contribution is 2.20. The van der Waals surface area contributed by atoms with E-state index in [0.717, 1.165) is 43.5 Å². The molecular formula is C23H25N5O. The molecule has 0 atom stereocenters. The lowest BCUT2D eigenvalue weighted by Gasteiger charge is -2.36. The van der Waals surface area contributed by atoms with E-state index in [9.17, 15) is 4.79 Å². The van der Waals surface area contributed by atoms with Gasteiger partial charge in [-0.15, -0.1) is 0 Å². The number of piperazine rings is 1. The molecule has 148 valence electrons. The molecule has 2 aromatic heterocycles. The van der Waals surface area contributed by atoms with Gasteiger partial charge >= 0.3 is 0 Å². The third-order valence-electron chi connectivity index (χ3n) is 5.20. The van der Waals surface area contributed by atoms with Crippen molar-refractivity contribution < 1.29 is 4.79 Å². The van der Waals surface area contributed by atoms with Crippen molar-refractivity contribution in [3.8, 4) is 0 Å². The van der Waals surface area contributed by atoms with Crippen molar-refractivity contribution in [1.82, 2.24) is 9.97 Å². The maximum absolute atomic E-state index is 12.9. The van der Waals surface area contributed by atoms with Gasteiger partial charge in [0.1, 0.15) is 11.6 Å². The zero-order valence-electron chi connectivity index (χ0n) is 16.6. The van der Waals surface area contributed by atoms with Crippen LogP contribution in [0.4, 0.5) is 17.3 Å². The molecule has 0 radical (unpaired) electrons. The maximum atomic E-state index is 12.9. The number of hydrogen-bond acceptors (Lipinski definition) is 5. The van der Waals surface area contributed by atoms with Crippen molar-refractivity contribution in [2.75, 3.05) is 47.4 Å². The lowest BCUT2D eigenvalue weighted by molar-refractivity contribution is 0.0988. The number of rotatable bonds is 5. The van der Waals surface area contributed by atoms with E-state index >= 15 is 0 Å². The Labute approximate surface area is 171 Å². The third kappa shape index (κ3) is 4.21. The first-order valence-electron chi connectivity index (χ1n) is 10.00.